The Morgan fingerprint density at radius 1 is 0.553 bits per heavy atom. The van der Waals surface area contributed by atoms with Crippen LogP contribution in [-0.4, -0.2) is 243 Å². The Labute approximate surface area is 615 Å². The highest BCUT2D eigenvalue weighted by Crippen LogP contribution is 2.42. The third-order valence-corrected chi connectivity index (χ3v) is 23.6. The molecule has 2 aliphatic carbocycles. The smallest absolute Gasteiger partial charge is 0.316 e. The monoisotopic (exact) mass is 1460 g/mol. The molecule has 4 saturated heterocycles. The van der Waals surface area contributed by atoms with Gasteiger partial charge in [0, 0.05) is 93.8 Å². The summed E-state index contributed by atoms with van der Waals surface area (Å²) in [6.45, 7) is 28.6. The molecule has 25 nitrogen and oxygen atoms in total. The maximum atomic E-state index is 14.2. The van der Waals surface area contributed by atoms with Crippen LogP contribution in [0.15, 0.2) is 10.3 Å². The number of ketones is 2. The van der Waals surface area contributed by atoms with E-state index in [2.05, 4.69) is 22.2 Å². The Balaban J connectivity index is 0.000000371. The second-order valence-corrected chi connectivity index (χ2v) is 31.9. The first-order chi connectivity index (χ1) is 48.2. The van der Waals surface area contributed by atoms with Crippen LogP contribution in [0.4, 0.5) is 0 Å². The summed E-state index contributed by atoms with van der Waals surface area (Å²) >= 11 is 0. The second kappa shape index (κ2) is 39.7. The number of nitrogens with two attached hydrogens (primary N) is 1. The Kier molecular flexibility index (Phi) is 34.5. The van der Waals surface area contributed by atoms with Crippen LogP contribution in [0.1, 0.15) is 220 Å². The summed E-state index contributed by atoms with van der Waals surface area (Å²) in [6.07, 6.45) is 9.70. The van der Waals surface area contributed by atoms with Crippen LogP contribution in [0.2, 0.25) is 0 Å². The van der Waals surface area contributed by atoms with Gasteiger partial charge in [-0.05, 0) is 159 Å². The Bertz CT molecular complexity index is 2840. The summed E-state index contributed by atoms with van der Waals surface area (Å²) in [7, 11) is 6.84. The minimum atomic E-state index is -1.90. The fourth-order valence-corrected chi connectivity index (χ4v) is 16.5. The van der Waals surface area contributed by atoms with Crippen LogP contribution in [0.5, 0.6) is 0 Å². The van der Waals surface area contributed by atoms with Crippen molar-refractivity contribution in [2.24, 2.45) is 63.4 Å². The van der Waals surface area contributed by atoms with E-state index in [9.17, 15) is 49.8 Å². The average molecular weight is 1460 g/mol. The van der Waals surface area contributed by atoms with Gasteiger partial charge >= 0.3 is 11.9 Å². The number of Topliss-reactive ketones (excluding diaryl/α,β-unsaturated/α-hetero) is 2. The third kappa shape index (κ3) is 22.5. The number of cyclic esters (lactones) is 2. The van der Waals surface area contributed by atoms with Gasteiger partial charge in [0.2, 0.25) is 0 Å². The largest absolute Gasteiger partial charge is 0.459 e. The SMILES string of the molecule is C#CCCN(C)[C@H]1C[C@@H](C)O[C@@H](O[C@@H]2[C@@H](C)C(=O)[C@@H](C)C(=O)O[C@H](CC)[C@@](C)(O)[C@H](O)[C@@H](C)/C(=N/OC3CCC(N)CC3)[C@H](C)C[C@@]2(C)OC)[C@@H]1O.C#CCCN(C)[C@H]1C[C@@H](C)O[C@@H](O[C@@H]2[C@@H](C)C(=O)[C@@H](C)C(=O)O[C@H](CC)[C@@](C)(O)[C@H](O)[C@@H](C)/C(=N/OC3CCCCC3)[C@H](C)C[C@@]2(C)OC)[C@@H]1O. The molecule has 590 valence electrons. The van der Waals surface area contributed by atoms with Gasteiger partial charge in [0.25, 0.3) is 0 Å². The van der Waals surface area contributed by atoms with E-state index in [4.69, 9.17) is 66.2 Å². The molecule has 0 aromatic carbocycles. The van der Waals surface area contributed by atoms with Crippen LogP contribution in [-0.2, 0) is 66.7 Å². The van der Waals surface area contributed by atoms with E-state index in [1.54, 1.807) is 41.5 Å². The fraction of sp³-hybridized carbons (Fsp3) is 0.872. The number of likely N-dealkylation sites (N-methyl/N-ethyl adjacent to an activating group) is 2. The van der Waals surface area contributed by atoms with Crippen LogP contribution in [0.3, 0.4) is 0 Å². The predicted octanol–water partition coefficient (Wildman–Crippen LogP) is 7.44. The van der Waals surface area contributed by atoms with Gasteiger partial charge in [-0.3, -0.25) is 29.0 Å². The molecule has 0 aromatic heterocycles. The first kappa shape index (κ1) is 89.4. The van der Waals surface area contributed by atoms with Crippen molar-refractivity contribution in [1.29, 1.82) is 0 Å². The number of esters is 2. The number of terminal acetylenes is 2. The lowest BCUT2D eigenvalue weighted by Crippen LogP contribution is -2.60. The quantitative estimate of drug-likeness (QED) is 0.0303. The number of oxime groups is 2. The highest BCUT2D eigenvalue weighted by molar-refractivity contribution is 6.01. The molecule has 8 N–H and O–H groups in total. The Morgan fingerprint density at radius 3 is 1.23 bits per heavy atom. The lowest BCUT2D eigenvalue weighted by atomic mass is 9.74. The molecule has 6 rings (SSSR count). The normalized spacial score (nSPS) is 42.9. The maximum absolute atomic E-state index is 14.2. The van der Waals surface area contributed by atoms with Crippen molar-refractivity contribution in [1.82, 2.24) is 9.80 Å². The zero-order chi connectivity index (χ0) is 77.4. The number of hydrogen-bond acceptors (Lipinski definition) is 25. The van der Waals surface area contributed by atoms with Crippen LogP contribution in [0.25, 0.3) is 0 Å². The predicted molar refractivity (Wildman–Crippen MR) is 391 cm³/mol. The molecule has 0 radical (unpaired) electrons. The molecule has 6 aliphatic rings. The zero-order valence-electron chi connectivity index (χ0n) is 65.8. The number of ether oxygens (including phenoxy) is 8. The molecule has 6 fully saturated rings. The highest BCUT2D eigenvalue weighted by Gasteiger charge is 2.55. The van der Waals surface area contributed by atoms with Gasteiger partial charge in [0.1, 0.15) is 59.7 Å². The first-order valence-electron chi connectivity index (χ1n) is 38.1. The van der Waals surface area contributed by atoms with E-state index >= 15 is 0 Å². The Morgan fingerprint density at radius 2 is 0.903 bits per heavy atom. The number of carbonyl (C=O) groups excluding carboxylic acids is 4. The highest BCUT2D eigenvalue weighted by atomic mass is 16.7. The number of aliphatic hydroxyl groups is 6. The van der Waals surface area contributed by atoms with Crippen LogP contribution < -0.4 is 5.73 Å². The van der Waals surface area contributed by atoms with Gasteiger partial charge in [0.05, 0.1) is 59.2 Å². The summed E-state index contributed by atoms with van der Waals surface area (Å²) in [5.74, 6) is -3.98. The van der Waals surface area contributed by atoms with Gasteiger partial charge in [-0.25, -0.2) is 0 Å². The molecule has 2 saturated carbocycles. The number of rotatable bonds is 18. The van der Waals surface area contributed by atoms with Crippen molar-refractivity contribution < 1.29 is 97.4 Å². The molecular formula is C78H133N5O20. The van der Waals surface area contributed by atoms with Crippen molar-refractivity contribution in [2.45, 2.75) is 346 Å². The van der Waals surface area contributed by atoms with Crippen molar-refractivity contribution in [3.8, 4) is 24.7 Å². The van der Waals surface area contributed by atoms with E-state index in [0.717, 1.165) is 57.8 Å². The van der Waals surface area contributed by atoms with E-state index in [-0.39, 0.29) is 68.2 Å². The molecule has 26 atom stereocenters. The van der Waals surface area contributed by atoms with Crippen molar-refractivity contribution in [3.05, 3.63) is 0 Å². The molecular weight excluding hydrogens is 1330 g/mol. The number of hydrogen-bond donors (Lipinski definition) is 7. The Hall–Kier alpha value is -4.26. The zero-order valence-corrected chi connectivity index (χ0v) is 65.8. The number of aliphatic hydroxyl groups excluding tert-OH is 4. The lowest BCUT2D eigenvalue weighted by Gasteiger charge is -2.47. The molecule has 4 heterocycles. The fourth-order valence-electron chi connectivity index (χ4n) is 16.5. The van der Waals surface area contributed by atoms with Gasteiger partial charge in [-0.1, -0.05) is 72.1 Å². The molecule has 0 unspecified atom stereocenters. The van der Waals surface area contributed by atoms with Crippen molar-refractivity contribution in [2.75, 3.05) is 41.4 Å². The molecule has 4 aliphatic heterocycles. The molecule has 0 spiro atoms. The summed E-state index contributed by atoms with van der Waals surface area (Å²) in [4.78, 5) is 71.8. The van der Waals surface area contributed by atoms with E-state index < -0.39 is 155 Å². The summed E-state index contributed by atoms with van der Waals surface area (Å²) < 4.78 is 49.9. The first-order valence-corrected chi connectivity index (χ1v) is 38.1. The molecule has 0 bridgehead atoms. The van der Waals surface area contributed by atoms with Crippen LogP contribution in [0, 0.1) is 72.0 Å². The second-order valence-electron chi connectivity index (χ2n) is 31.9. The number of carbonyl (C=O) groups is 4. The number of methoxy groups -OCH3 is 2. The number of nitrogens with zero attached hydrogens (tertiary/aromatic N) is 4. The summed E-state index contributed by atoms with van der Waals surface area (Å²) in [5.41, 5.74) is 0.883. The summed E-state index contributed by atoms with van der Waals surface area (Å²) in [6, 6.07) is -0.542. The molecule has 0 aromatic rings. The minimum Gasteiger partial charge on any atom is -0.459 e. The minimum absolute atomic E-state index is 0.0663. The molecule has 25 heteroatoms. The van der Waals surface area contributed by atoms with E-state index in [1.807, 2.05) is 65.4 Å². The maximum Gasteiger partial charge on any atom is 0.316 e. The van der Waals surface area contributed by atoms with Crippen molar-refractivity contribution in [3.63, 3.8) is 0 Å². The molecule has 0 amide bonds. The van der Waals surface area contributed by atoms with Gasteiger partial charge in [0.15, 0.2) is 24.1 Å². The summed E-state index contributed by atoms with van der Waals surface area (Å²) in [5, 5.41) is 79.7. The topological polar surface area (TPSA) is 339 Å². The van der Waals surface area contributed by atoms with Gasteiger partial charge in [-0.2, -0.15) is 0 Å². The van der Waals surface area contributed by atoms with Gasteiger partial charge < -0.3 is 83.9 Å². The van der Waals surface area contributed by atoms with Gasteiger partial charge in [-0.15, -0.1) is 24.7 Å². The van der Waals surface area contributed by atoms with Crippen molar-refractivity contribution >= 4 is 34.9 Å². The van der Waals surface area contributed by atoms with Crippen LogP contribution >= 0.6 is 0 Å². The lowest BCUT2D eigenvalue weighted by molar-refractivity contribution is -0.296. The standard InChI is InChI=1S/C39H67N3O10.C39H66N2O10/c1-12-14-19-42(10)29-20-23(4)49-37(33(29)44)51-35-25(6)32(43)26(7)36(46)50-30(13-2)39(9,47)34(45)24(5)31(22(3)21-38(35,8)48-11)41-52-28-17-15-27(40)16-18-28;1-12-14-20-41(10)29-21-24(4)48-37(33(29)43)50-35-26(6)32(42)27(7)36(45)49-30(13-2)39(9,46)34(44)25(5)31(23(3)22-38(35,8)47-11)40-51-28-18-16-15-17-19-28/h1,22-30,33-35,37,44-45,47H,13-21,40H2,2-11H3;1,23-30,33-35,37,43-44,46H,13-22H2,2-11H3/b41-31+;40-31+/t22-,23-,24+,25+,26-,27?,28?,29+,30-,33-,34-,35-,37+,38-,39-;23-,24-,25+,26+,27-,29+,30-,33-,34-,35-,37+,38-,39-/m11/s1. The third-order valence-electron chi connectivity index (χ3n) is 23.6. The average Bonchev–Trinajstić information content (AvgIpc) is 0.780. The van der Waals surface area contributed by atoms with E-state index in [0.29, 0.717) is 50.2 Å². The van der Waals surface area contributed by atoms with E-state index in [1.165, 1.54) is 41.9 Å². The molecule has 103 heavy (non-hydrogen) atoms.